The second kappa shape index (κ2) is 5.80. The molecule has 3 rings (SSSR count). The first-order chi connectivity index (χ1) is 9.76. The number of fused-ring (bicyclic) bond motifs is 2. The van der Waals surface area contributed by atoms with Crippen molar-refractivity contribution >= 4 is 0 Å². The first-order valence-corrected chi connectivity index (χ1v) is 8.35. The second-order valence-electron chi connectivity index (χ2n) is 6.48. The van der Waals surface area contributed by atoms with E-state index >= 15 is 0 Å². The largest absolute Gasteiger partial charge is 0.330 e. The smallest absolute Gasteiger partial charge is 0.132 e. The van der Waals surface area contributed by atoms with Crippen LogP contribution in [-0.2, 0) is 19.3 Å². The summed E-state index contributed by atoms with van der Waals surface area (Å²) in [5.41, 5.74) is 9.59. The van der Waals surface area contributed by atoms with Gasteiger partial charge >= 0.3 is 0 Å². The van der Waals surface area contributed by atoms with E-state index in [1.807, 2.05) is 0 Å². The van der Waals surface area contributed by atoms with Crippen molar-refractivity contribution in [3.63, 3.8) is 0 Å². The topological polar surface area (TPSA) is 51.8 Å². The summed E-state index contributed by atoms with van der Waals surface area (Å²) in [4.78, 5) is 9.91. The molecule has 2 fully saturated rings. The molecule has 20 heavy (non-hydrogen) atoms. The number of hydrogen-bond donors (Lipinski definition) is 1. The Morgan fingerprint density at radius 1 is 1.05 bits per heavy atom. The average Bonchev–Trinajstić information content (AvgIpc) is 3.10. The summed E-state index contributed by atoms with van der Waals surface area (Å²) in [6.07, 6.45) is 8.50. The first kappa shape index (κ1) is 14.0. The molecule has 2 aliphatic carbocycles. The van der Waals surface area contributed by atoms with E-state index in [1.54, 1.807) is 0 Å². The Morgan fingerprint density at radius 3 is 2.20 bits per heavy atom. The van der Waals surface area contributed by atoms with Gasteiger partial charge in [-0.05, 0) is 62.5 Å². The summed E-state index contributed by atoms with van der Waals surface area (Å²) in [5.74, 6) is 3.59. The van der Waals surface area contributed by atoms with Crippen molar-refractivity contribution in [3.8, 4) is 0 Å². The van der Waals surface area contributed by atoms with Crippen molar-refractivity contribution in [2.45, 2.75) is 64.7 Å². The molecule has 2 saturated carbocycles. The summed E-state index contributed by atoms with van der Waals surface area (Å²) in [5, 5.41) is 0. The molecule has 0 spiro atoms. The Bertz CT molecular complexity index is 458. The SMILES string of the molecule is CCc1nc(C2CC3CCC2C3)nc(CC)c1CCN. The molecular formula is C17H27N3. The van der Waals surface area contributed by atoms with Gasteiger partial charge in [0.25, 0.3) is 0 Å². The van der Waals surface area contributed by atoms with Crippen molar-refractivity contribution in [1.29, 1.82) is 0 Å². The van der Waals surface area contributed by atoms with Gasteiger partial charge in [-0.15, -0.1) is 0 Å². The van der Waals surface area contributed by atoms with Crippen LogP contribution >= 0.6 is 0 Å². The number of aryl methyl sites for hydroxylation is 2. The van der Waals surface area contributed by atoms with Crippen molar-refractivity contribution in [3.05, 3.63) is 22.8 Å². The molecule has 0 amide bonds. The Balaban J connectivity index is 1.95. The molecule has 0 radical (unpaired) electrons. The summed E-state index contributed by atoms with van der Waals surface area (Å²) < 4.78 is 0. The van der Waals surface area contributed by atoms with Gasteiger partial charge < -0.3 is 5.73 Å². The Labute approximate surface area is 122 Å². The molecular weight excluding hydrogens is 246 g/mol. The van der Waals surface area contributed by atoms with Gasteiger partial charge in [0.05, 0.1) is 0 Å². The van der Waals surface area contributed by atoms with E-state index in [2.05, 4.69) is 13.8 Å². The van der Waals surface area contributed by atoms with Crippen LogP contribution in [0.5, 0.6) is 0 Å². The van der Waals surface area contributed by atoms with Gasteiger partial charge in [-0.2, -0.15) is 0 Å². The molecule has 1 aromatic rings. The van der Waals surface area contributed by atoms with Gasteiger partial charge in [-0.25, -0.2) is 9.97 Å². The maximum atomic E-state index is 5.76. The van der Waals surface area contributed by atoms with Crippen LogP contribution in [0.4, 0.5) is 0 Å². The van der Waals surface area contributed by atoms with E-state index in [9.17, 15) is 0 Å². The highest BCUT2D eigenvalue weighted by molar-refractivity contribution is 5.28. The third-order valence-electron chi connectivity index (χ3n) is 5.33. The van der Waals surface area contributed by atoms with Crippen LogP contribution in [0, 0.1) is 11.8 Å². The lowest BCUT2D eigenvalue weighted by atomic mass is 9.87. The fraction of sp³-hybridized carbons (Fsp3) is 0.765. The van der Waals surface area contributed by atoms with Crippen molar-refractivity contribution in [1.82, 2.24) is 9.97 Å². The van der Waals surface area contributed by atoms with Gasteiger partial charge in [0.1, 0.15) is 5.82 Å². The van der Waals surface area contributed by atoms with Crippen LogP contribution in [0.15, 0.2) is 0 Å². The molecule has 3 atom stereocenters. The molecule has 110 valence electrons. The van der Waals surface area contributed by atoms with Crippen molar-refractivity contribution in [2.75, 3.05) is 6.54 Å². The average molecular weight is 273 g/mol. The highest BCUT2D eigenvalue weighted by Gasteiger charge is 2.41. The molecule has 3 heteroatoms. The van der Waals surface area contributed by atoms with Gasteiger partial charge in [0.15, 0.2) is 0 Å². The summed E-state index contributed by atoms with van der Waals surface area (Å²) in [6.45, 7) is 5.09. The zero-order valence-corrected chi connectivity index (χ0v) is 12.9. The third-order valence-corrected chi connectivity index (χ3v) is 5.33. The molecule has 2 bridgehead atoms. The second-order valence-corrected chi connectivity index (χ2v) is 6.48. The molecule has 2 aliphatic rings. The van der Waals surface area contributed by atoms with E-state index in [4.69, 9.17) is 15.7 Å². The lowest BCUT2D eigenvalue weighted by molar-refractivity contribution is 0.403. The zero-order valence-electron chi connectivity index (χ0n) is 12.9. The minimum Gasteiger partial charge on any atom is -0.330 e. The van der Waals surface area contributed by atoms with E-state index < -0.39 is 0 Å². The molecule has 0 aliphatic heterocycles. The number of nitrogens with two attached hydrogens (primary N) is 1. The molecule has 3 nitrogen and oxygen atoms in total. The van der Waals surface area contributed by atoms with Crippen LogP contribution in [-0.4, -0.2) is 16.5 Å². The zero-order chi connectivity index (χ0) is 14.1. The van der Waals surface area contributed by atoms with Crippen LogP contribution in [0.1, 0.15) is 68.2 Å². The van der Waals surface area contributed by atoms with E-state index in [0.717, 1.165) is 36.9 Å². The van der Waals surface area contributed by atoms with Gasteiger partial charge in [-0.3, -0.25) is 0 Å². The lowest BCUT2D eigenvalue weighted by Gasteiger charge is -2.22. The van der Waals surface area contributed by atoms with E-state index in [1.165, 1.54) is 42.6 Å². The van der Waals surface area contributed by atoms with Gasteiger partial charge in [0, 0.05) is 17.3 Å². The molecule has 0 aromatic carbocycles. The quantitative estimate of drug-likeness (QED) is 0.897. The number of rotatable bonds is 5. The van der Waals surface area contributed by atoms with Crippen LogP contribution in [0.25, 0.3) is 0 Å². The molecule has 3 unspecified atom stereocenters. The molecule has 0 saturated heterocycles. The van der Waals surface area contributed by atoms with E-state index in [-0.39, 0.29) is 0 Å². The first-order valence-electron chi connectivity index (χ1n) is 8.35. The maximum Gasteiger partial charge on any atom is 0.132 e. The summed E-state index contributed by atoms with van der Waals surface area (Å²) in [6, 6.07) is 0. The standard InChI is InChI=1S/C17H27N3/c1-3-15-13(7-8-18)16(4-2)20-17(19-15)14-10-11-5-6-12(14)9-11/h11-12,14H,3-10,18H2,1-2H3. The molecule has 2 N–H and O–H groups in total. The van der Waals surface area contributed by atoms with Crippen LogP contribution < -0.4 is 5.73 Å². The Kier molecular flexibility index (Phi) is 4.06. The highest BCUT2D eigenvalue weighted by Crippen LogP contribution is 2.52. The monoisotopic (exact) mass is 273 g/mol. The van der Waals surface area contributed by atoms with Gasteiger partial charge in [-0.1, -0.05) is 20.3 Å². The van der Waals surface area contributed by atoms with Crippen LogP contribution in [0.3, 0.4) is 0 Å². The predicted molar refractivity (Wildman–Crippen MR) is 81.7 cm³/mol. The highest BCUT2D eigenvalue weighted by atomic mass is 14.9. The van der Waals surface area contributed by atoms with Crippen molar-refractivity contribution < 1.29 is 0 Å². The fourth-order valence-corrected chi connectivity index (χ4v) is 4.35. The maximum absolute atomic E-state index is 5.76. The number of aromatic nitrogens is 2. The van der Waals surface area contributed by atoms with E-state index in [0.29, 0.717) is 12.5 Å². The van der Waals surface area contributed by atoms with Crippen LogP contribution in [0.2, 0.25) is 0 Å². The summed E-state index contributed by atoms with van der Waals surface area (Å²) in [7, 11) is 0. The minimum atomic E-state index is 0.635. The number of hydrogen-bond acceptors (Lipinski definition) is 3. The number of nitrogens with zero attached hydrogens (tertiary/aromatic N) is 2. The Hall–Kier alpha value is -0.960. The lowest BCUT2D eigenvalue weighted by Crippen LogP contribution is -2.18. The molecule has 1 aromatic heterocycles. The molecule has 1 heterocycles. The summed E-state index contributed by atoms with van der Waals surface area (Å²) >= 11 is 0. The third kappa shape index (κ3) is 2.37. The normalized spacial score (nSPS) is 28.2. The van der Waals surface area contributed by atoms with Gasteiger partial charge in [0.2, 0.25) is 0 Å². The predicted octanol–water partition coefficient (Wildman–Crippen LogP) is 3.01. The van der Waals surface area contributed by atoms with Crippen molar-refractivity contribution in [2.24, 2.45) is 17.6 Å². The fourth-order valence-electron chi connectivity index (χ4n) is 4.35. The Morgan fingerprint density at radius 2 is 1.75 bits per heavy atom. The minimum absolute atomic E-state index is 0.635.